The van der Waals surface area contributed by atoms with Gasteiger partial charge in [0.25, 0.3) is 0 Å². The molecule has 2 aromatic rings. The predicted molar refractivity (Wildman–Crippen MR) is 98.1 cm³/mol. The number of nitrogens with one attached hydrogen (secondary N) is 3. The third-order valence-electron chi connectivity index (χ3n) is 4.87. The number of fused-ring (bicyclic) bond motifs is 1. The molecule has 0 unspecified atom stereocenters. The molecule has 3 N–H and O–H groups in total. The van der Waals surface area contributed by atoms with Crippen LogP contribution in [0.1, 0.15) is 18.4 Å². The number of methoxy groups -OCH3 is 2. The van der Waals surface area contributed by atoms with Gasteiger partial charge in [-0.15, -0.1) is 0 Å². The van der Waals surface area contributed by atoms with Gasteiger partial charge in [-0.05, 0) is 36.6 Å². The highest BCUT2D eigenvalue weighted by Crippen LogP contribution is 2.24. The molecule has 1 aromatic heterocycles. The normalized spacial score (nSPS) is 20.0. The van der Waals surface area contributed by atoms with Gasteiger partial charge in [-0.3, -0.25) is 9.59 Å². The van der Waals surface area contributed by atoms with Gasteiger partial charge in [-0.2, -0.15) is 0 Å². The summed E-state index contributed by atoms with van der Waals surface area (Å²) >= 11 is 0. The molecule has 3 rings (SSSR count). The Morgan fingerprint density at radius 3 is 2.96 bits per heavy atom. The lowest BCUT2D eigenvalue weighted by Crippen LogP contribution is -2.52. The zero-order valence-electron chi connectivity index (χ0n) is 15.1. The number of rotatable bonds is 7. The third-order valence-corrected chi connectivity index (χ3v) is 4.87. The quantitative estimate of drug-likeness (QED) is 0.696. The van der Waals surface area contributed by atoms with Crippen LogP contribution in [0, 0.1) is 5.92 Å². The number of H-pyrrole nitrogens is 1. The third kappa shape index (κ3) is 3.99. The zero-order valence-corrected chi connectivity index (χ0v) is 15.1. The van der Waals surface area contributed by atoms with Crippen molar-refractivity contribution in [3.05, 3.63) is 30.0 Å². The first-order valence-electron chi connectivity index (χ1n) is 8.82. The van der Waals surface area contributed by atoms with Crippen molar-refractivity contribution in [3.63, 3.8) is 0 Å². The van der Waals surface area contributed by atoms with Crippen LogP contribution in [0.4, 0.5) is 0 Å². The summed E-state index contributed by atoms with van der Waals surface area (Å²) in [7, 11) is 3.22. The number of carbonyl (C=O) groups excluding carboxylic acids is 2. The van der Waals surface area contributed by atoms with E-state index in [0.717, 1.165) is 22.2 Å². The number of aromatic amines is 1. The molecule has 26 heavy (non-hydrogen) atoms. The van der Waals surface area contributed by atoms with Gasteiger partial charge in [0.2, 0.25) is 11.8 Å². The molecule has 140 valence electrons. The second-order valence-electron chi connectivity index (χ2n) is 6.54. The van der Waals surface area contributed by atoms with Gasteiger partial charge in [0.1, 0.15) is 5.75 Å². The number of piperidine rings is 1. The van der Waals surface area contributed by atoms with E-state index in [0.29, 0.717) is 32.4 Å². The summed E-state index contributed by atoms with van der Waals surface area (Å²) in [5.41, 5.74) is 2.17. The SMILES string of the molecule is COC[C@H]1NC(=O)CC[C@H]1C(=O)NCCc1c[nH]c2ccc(OC)cc12. The monoisotopic (exact) mass is 359 g/mol. The highest BCUT2D eigenvalue weighted by atomic mass is 16.5. The fraction of sp³-hybridized carbons (Fsp3) is 0.474. The first kappa shape index (κ1) is 18.3. The van der Waals surface area contributed by atoms with Crippen LogP contribution in [0.5, 0.6) is 5.75 Å². The van der Waals surface area contributed by atoms with Gasteiger partial charge in [0.05, 0.1) is 25.7 Å². The molecular weight excluding hydrogens is 334 g/mol. The topological polar surface area (TPSA) is 92.5 Å². The Labute approximate surface area is 152 Å². The standard InChI is InChI=1S/C19H25N3O4/c1-25-11-17-14(4-6-18(23)22-17)19(24)20-8-7-12-10-21-16-5-3-13(26-2)9-15(12)16/h3,5,9-10,14,17,21H,4,6-8,11H2,1-2H3,(H,20,24)(H,22,23)/t14-,17-/m1/s1. The van der Waals surface area contributed by atoms with Gasteiger partial charge < -0.3 is 25.1 Å². The van der Waals surface area contributed by atoms with E-state index in [1.807, 2.05) is 24.4 Å². The van der Waals surface area contributed by atoms with Crippen LogP contribution in [0.25, 0.3) is 10.9 Å². The summed E-state index contributed by atoms with van der Waals surface area (Å²) in [5, 5.41) is 6.94. The van der Waals surface area contributed by atoms with E-state index in [1.165, 1.54) is 0 Å². The Morgan fingerprint density at radius 2 is 2.19 bits per heavy atom. The van der Waals surface area contributed by atoms with Crippen LogP contribution in [-0.2, 0) is 20.7 Å². The summed E-state index contributed by atoms with van der Waals surface area (Å²) in [5.74, 6) is 0.492. The average Bonchev–Trinajstić information content (AvgIpc) is 3.04. The lowest BCUT2D eigenvalue weighted by atomic mass is 9.90. The first-order chi connectivity index (χ1) is 12.6. The molecule has 2 amide bonds. The fourth-order valence-corrected chi connectivity index (χ4v) is 3.46. The average molecular weight is 359 g/mol. The van der Waals surface area contributed by atoms with Crippen molar-refractivity contribution in [1.82, 2.24) is 15.6 Å². The molecule has 0 saturated carbocycles. The second-order valence-corrected chi connectivity index (χ2v) is 6.54. The molecule has 1 aliphatic rings. The number of benzene rings is 1. The lowest BCUT2D eigenvalue weighted by molar-refractivity contribution is -0.132. The lowest BCUT2D eigenvalue weighted by Gasteiger charge is -2.30. The van der Waals surface area contributed by atoms with Gasteiger partial charge >= 0.3 is 0 Å². The number of hydrogen-bond acceptors (Lipinski definition) is 4. The maximum atomic E-state index is 12.5. The second kappa shape index (κ2) is 8.23. The minimum Gasteiger partial charge on any atom is -0.497 e. The smallest absolute Gasteiger partial charge is 0.225 e. The molecule has 7 heteroatoms. The molecule has 0 aliphatic carbocycles. The molecule has 2 heterocycles. The summed E-state index contributed by atoms with van der Waals surface area (Å²) < 4.78 is 10.4. The Hall–Kier alpha value is -2.54. The van der Waals surface area contributed by atoms with Crippen LogP contribution in [0.2, 0.25) is 0 Å². The first-order valence-corrected chi connectivity index (χ1v) is 8.82. The van der Waals surface area contributed by atoms with Crippen LogP contribution in [0.15, 0.2) is 24.4 Å². The van der Waals surface area contributed by atoms with Gasteiger partial charge in [-0.25, -0.2) is 0 Å². The minimum atomic E-state index is -0.265. The van der Waals surface area contributed by atoms with Crippen molar-refractivity contribution in [2.24, 2.45) is 5.92 Å². The molecule has 0 radical (unpaired) electrons. The van der Waals surface area contributed by atoms with E-state index in [4.69, 9.17) is 9.47 Å². The number of hydrogen-bond donors (Lipinski definition) is 3. The summed E-state index contributed by atoms with van der Waals surface area (Å²) in [6.45, 7) is 0.874. The highest BCUT2D eigenvalue weighted by Gasteiger charge is 2.33. The van der Waals surface area contributed by atoms with E-state index < -0.39 is 0 Å². The molecule has 2 atom stereocenters. The minimum absolute atomic E-state index is 0.0242. The van der Waals surface area contributed by atoms with E-state index >= 15 is 0 Å². The van der Waals surface area contributed by atoms with Crippen molar-refractivity contribution < 1.29 is 19.1 Å². The molecular formula is C19H25N3O4. The number of aromatic nitrogens is 1. The predicted octanol–water partition coefficient (Wildman–Crippen LogP) is 1.38. The molecule has 1 fully saturated rings. The van der Waals surface area contributed by atoms with Crippen LogP contribution in [-0.4, -0.2) is 50.2 Å². The zero-order chi connectivity index (χ0) is 18.5. The maximum absolute atomic E-state index is 12.5. The summed E-state index contributed by atoms with van der Waals surface area (Å²) in [4.78, 5) is 27.3. The Morgan fingerprint density at radius 1 is 1.35 bits per heavy atom. The van der Waals surface area contributed by atoms with Crippen LogP contribution >= 0.6 is 0 Å². The molecule has 0 bridgehead atoms. The van der Waals surface area contributed by atoms with Crippen LogP contribution in [0.3, 0.4) is 0 Å². The Kier molecular flexibility index (Phi) is 5.78. The molecule has 7 nitrogen and oxygen atoms in total. The molecule has 1 aromatic carbocycles. The van der Waals surface area contributed by atoms with Crippen LogP contribution < -0.4 is 15.4 Å². The van der Waals surface area contributed by atoms with Gasteiger partial charge in [0, 0.05) is 37.2 Å². The van der Waals surface area contributed by atoms with E-state index in [1.54, 1.807) is 14.2 Å². The largest absolute Gasteiger partial charge is 0.497 e. The van der Waals surface area contributed by atoms with Crippen molar-refractivity contribution in [1.29, 1.82) is 0 Å². The summed E-state index contributed by atoms with van der Waals surface area (Å²) in [6, 6.07) is 5.63. The van der Waals surface area contributed by atoms with Gasteiger partial charge in [0.15, 0.2) is 0 Å². The fourth-order valence-electron chi connectivity index (χ4n) is 3.46. The van der Waals surface area contributed by atoms with Crippen molar-refractivity contribution in [2.45, 2.75) is 25.3 Å². The number of amides is 2. The van der Waals surface area contributed by atoms with E-state index in [-0.39, 0.29) is 23.8 Å². The highest BCUT2D eigenvalue weighted by molar-refractivity contribution is 5.86. The van der Waals surface area contributed by atoms with Crippen molar-refractivity contribution in [2.75, 3.05) is 27.4 Å². The molecule has 0 spiro atoms. The Bertz CT molecular complexity index is 786. The number of carbonyl (C=O) groups is 2. The Balaban J connectivity index is 1.59. The number of ether oxygens (including phenoxy) is 2. The van der Waals surface area contributed by atoms with Crippen molar-refractivity contribution in [3.8, 4) is 5.75 Å². The van der Waals surface area contributed by atoms with Gasteiger partial charge in [-0.1, -0.05) is 0 Å². The molecule has 1 saturated heterocycles. The molecule has 1 aliphatic heterocycles. The van der Waals surface area contributed by atoms with E-state index in [9.17, 15) is 9.59 Å². The van der Waals surface area contributed by atoms with Crippen molar-refractivity contribution >= 4 is 22.7 Å². The van der Waals surface area contributed by atoms with E-state index in [2.05, 4.69) is 15.6 Å². The maximum Gasteiger partial charge on any atom is 0.225 e. The summed E-state index contributed by atoms with van der Waals surface area (Å²) in [6.07, 6.45) is 3.61.